The van der Waals surface area contributed by atoms with E-state index < -0.39 is 20.6 Å². The van der Waals surface area contributed by atoms with E-state index in [2.05, 4.69) is 43.4 Å². The standard InChI is InChI=1S/3C4H9.CHFI.Sn/c3*1-3-4-2;2-1-3;/h3*1,3-4H2,2H3;1H;. The van der Waals surface area contributed by atoms with Crippen LogP contribution in [-0.2, 0) is 0 Å². The summed E-state index contributed by atoms with van der Waals surface area (Å²) in [6.45, 7) is 6.70. The zero-order valence-corrected chi connectivity index (χ0v) is 16.2. The second-order valence-electron chi connectivity index (χ2n) is 4.97. The Morgan fingerprint density at radius 1 is 0.875 bits per heavy atom. The molecule has 0 rings (SSSR count). The number of halogens is 2. The van der Waals surface area contributed by atoms with Gasteiger partial charge in [-0.15, -0.1) is 0 Å². The number of alkyl halides is 2. The van der Waals surface area contributed by atoms with Crippen LogP contribution in [0.3, 0.4) is 0 Å². The summed E-state index contributed by atoms with van der Waals surface area (Å²) in [7, 11) is 0. The summed E-state index contributed by atoms with van der Waals surface area (Å²) >= 11 is -0.327. The molecule has 0 aliphatic rings. The summed E-state index contributed by atoms with van der Waals surface area (Å²) < 4.78 is 17.5. The van der Waals surface area contributed by atoms with Gasteiger partial charge in [-0.1, -0.05) is 0 Å². The van der Waals surface area contributed by atoms with Crippen LogP contribution >= 0.6 is 22.6 Å². The van der Waals surface area contributed by atoms with E-state index in [4.69, 9.17) is 0 Å². The molecule has 0 saturated carbocycles. The molecule has 0 heterocycles. The molecule has 0 fully saturated rings. The van der Waals surface area contributed by atoms with Crippen LogP contribution in [0.15, 0.2) is 0 Å². The van der Waals surface area contributed by atoms with Gasteiger partial charge in [-0.25, -0.2) is 0 Å². The van der Waals surface area contributed by atoms with Gasteiger partial charge in [0.15, 0.2) is 0 Å². The van der Waals surface area contributed by atoms with Crippen molar-refractivity contribution in [3.05, 3.63) is 0 Å². The van der Waals surface area contributed by atoms with Crippen molar-refractivity contribution in [1.82, 2.24) is 0 Å². The molecule has 0 aromatic carbocycles. The second-order valence-corrected chi connectivity index (χ2v) is 22.9. The quantitative estimate of drug-likeness (QED) is 0.215. The third-order valence-corrected chi connectivity index (χ3v) is 26.6. The topological polar surface area (TPSA) is 0 Å². The molecule has 0 radical (unpaired) electrons. The van der Waals surface area contributed by atoms with E-state index in [1.807, 2.05) is 0 Å². The van der Waals surface area contributed by atoms with Gasteiger partial charge in [0, 0.05) is 0 Å². The van der Waals surface area contributed by atoms with E-state index in [9.17, 15) is 4.39 Å². The molecule has 0 aliphatic heterocycles. The number of hydrogen-bond donors (Lipinski definition) is 0. The fraction of sp³-hybridized carbons (Fsp3) is 1.00. The van der Waals surface area contributed by atoms with Gasteiger partial charge in [0.1, 0.15) is 0 Å². The Bertz CT molecular complexity index is 140. The van der Waals surface area contributed by atoms with Crippen molar-refractivity contribution in [3.8, 4) is 0 Å². The number of rotatable bonds is 10. The van der Waals surface area contributed by atoms with Crippen LogP contribution in [0.25, 0.3) is 0 Å². The molecule has 1 atom stereocenters. The predicted molar refractivity (Wildman–Crippen MR) is 83.8 cm³/mol. The molecule has 1 unspecified atom stereocenters. The van der Waals surface area contributed by atoms with Crippen LogP contribution in [0.2, 0.25) is 13.3 Å². The first kappa shape index (κ1) is 17.5. The van der Waals surface area contributed by atoms with Gasteiger partial charge in [0.25, 0.3) is 0 Å². The Hall–Kier alpha value is 1.46. The fourth-order valence-corrected chi connectivity index (χ4v) is 21.6. The Morgan fingerprint density at radius 2 is 1.19 bits per heavy atom. The average Bonchev–Trinajstić information content (AvgIpc) is 2.28. The first-order valence-electron chi connectivity index (χ1n) is 6.91. The van der Waals surface area contributed by atoms with Crippen molar-refractivity contribution < 1.29 is 4.39 Å². The molecule has 0 bridgehead atoms. The first-order valence-corrected chi connectivity index (χ1v) is 15.9. The number of unbranched alkanes of at least 4 members (excludes halogenated alkanes) is 3. The van der Waals surface area contributed by atoms with Crippen LogP contribution in [0.5, 0.6) is 0 Å². The van der Waals surface area contributed by atoms with E-state index in [1.54, 1.807) is 0 Å². The van der Waals surface area contributed by atoms with Crippen LogP contribution in [0.1, 0.15) is 59.3 Å². The van der Waals surface area contributed by atoms with Crippen LogP contribution in [0.4, 0.5) is 4.39 Å². The van der Waals surface area contributed by atoms with Crippen LogP contribution in [0, 0.1) is 0 Å². The van der Waals surface area contributed by atoms with Gasteiger partial charge in [-0.05, 0) is 0 Å². The van der Waals surface area contributed by atoms with Crippen LogP contribution < -0.4 is 0 Å². The SMILES string of the molecule is CCC[CH2][Sn]([CH2]CCC)([CH2]CCC)[CH](F)I. The molecule has 0 aromatic rings. The maximum atomic E-state index is 14.1. The summed E-state index contributed by atoms with van der Waals surface area (Å²) in [4.78, 5) is 0. The van der Waals surface area contributed by atoms with Gasteiger partial charge in [-0.3, -0.25) is 0 Å². The normalized spacial score (nSPS) is 14.1. The molecule has 0 nitrogen and oxygen atoms in total. The average molecular weight is 449 g/mol. The van der Waals surface area contributed by atoms with Crippen molar-refractivity contribution in [2.45, 2.75) is 74.8 Å². The molecule has 0 N–H and O–H groups in total. The Labute approximate surface area is 119 Å². The first-order chi connectivity index (χ1) is 7.63. The van der Waals surface area contributed by atoms with E-state index in [0.717, 1.165) is 0 Å². The van der Waals surface area contributed by atoms with Gasteiger partial charge in [0.05, 0.1) is 0 Å². The molecule has 0 saturated heterocycles. The van der Waals surface area contributed by atoms with Crippen molar-refractivity contribution >= 4 is 41.0 Å². The third-order valence-electron chi connectivity index (χ3n) is 3.55. The van der Waals surface area contributed by atoms with E-state index in [0.29, 0.717) is 0 Å². The summed E-state index contributed by atoms with van der Waals surface area (Å²) in [5.41, 5.74) is 0. The van der Waals surface area contributed by atoms with Crippen molar-refractivity contribution in [1.29, 1.82) is 0 Å². The predicted octanol–water partition coefficient (Wildman–Crippen LogP) is 6.11. The minimum absolute atomic E-state index is 0.462. The zero-order valence-electron chi connectivity index (χ0n) is 11.2. The molecule has 3 heteroatoms. The van der Waals surface area contributed by atoms with E-state index in [1.165, 1.54) is 51.8 Å². The molecular formula is C13H28FISn. The van der Waals surface area contributed by atoms with Gasteiger partial charge in [0.2, 0.25) is 0 Å². The van der Waals surface area contributed by atoms with Gasteiger partial charge < -0.3 is 0 Å². The Kier molecular flexibility index (Phi) is 11.3. The summed E-state index contributed by atoms with van der Waals surface area (Å²) in [5.74, 6) is 0. The third kappa shape index (κ3) is 6.41. The van der Waals surface area contributed by atoms with Crippen LogP contribution in [-0.4, -0.2) is 20.6 Å². The molecule has 0 aliphatic carbocycles. The molecule has 16 heavy (non-hydrogen) atoms. The zero-order chi connectivity index (χ0) is 12.4. The van der Waals surface area contributed by atoms with E-state index >= 15 is 0 Å². The monoisotopic (exact) mass is 450 g/mol. The molecule has 0 amide bonds. The van der Waals surface area contributed by atoms with Crippen molar-refractivity contribution in [3.63, 3.8) is 0 Å². The molecule has 98 valence electrons. The second kappa shape index (κ2) is 10.4. The van der Waals surface area contributed by atoms with Gasteiger partial charge in [-0.2, -0.15) is 0 Å². The number of hydrogen-bond acceptors (Lipinski definition) is 0. The molecule has 0 aromatic heterocycles. The summed E-state index contributed by atoms with van der Waals surface area (Å²) in [6.07, 6.45) is 7.52. The Balaban J connectivity index is 4.46. The summed E-state index contributed by atoms with van der Waals surface area (Å²) in [6, 6.07) is 0. The molecular weight excluding hydrogens is 421 g/mol. The fourth-order valence-electron chi connectivity index (χ4n) is 2.29. The minimum atomic E-state index is -2.43. The van der Waals surface area contributed by atoms with Crippen molar-refractivity contribution in [2.24, 2.45) is 0 Å². The van der Waals surface area contributed by atoms with Crippen molar-refractivity contribution in [2.75, 3.05) is 0 Å². The van der Waals surface area contributed by atoms with E-state index in [-0.39, 0.29) is 0 Å². The Morgan fingerprint density at radius 3 is 1.38 bits per heavy atom. The molecule has 0 spiro atoms. The van der Waals surface area contributed by atoms with Gasteiger partial charge >= 0.3 is 120 Å². The maximum absolute atomic E-state index is 14.1. The summed E-state index contributed by atoms with van der Waals surface area (Å²) in [5, 5.41) is 0.